The summed E-state index contributed by atoms with van der Waals surface area (Å²) in [5, 5.41) is 4.45. The topological polar surface area (TPSA) is 29.0 Å². The van der Waals surface area contributed by atoms with Crippen molar-refractivity contribution in [2.45, 2.75) is 26.8 Å². The molecule has 2 aromatic heterocycles. The van der Waals surface area contributed by atoms with E-state index in [0.29, 0.717) is 0 Å². The second-order valence-electron chi connectivity index (χ2n) is 5.22. The molecule has 0 unspecified atom stereocenters. The van der Waals surface area contributed by atoms with Gasteiger partial charge in [0.2, 0.25) is 0 Å². The van der Waals surface area contributed by atoms with Crippen LogP contribution in [0.1, 0.15) is 23.3 Å². The molecule has 2 heterocycles. The zero-order valence-corrected chi connectivity index (χ0v) is 13.4. The van der Waals surface area contributed by atoms with E-state index >= 15 is 0 Å². The molecule has 3 rings (SSSR count). The van der Waals surface area contributed by atoms with Crippen LogP contribution in [-0.2, 0) is 13.0 Å². The van der Waals surface area contributed by atoms with Crippen LogP contribution in [0.5, 0.6) is 0 Å². The molecule has 0 aliphatic carbocycles. The molecule has 0 spiro atoms. The highest BCUT2D eigenvalue weighted by Crippen LogP contribution is 2.27. The van der Waals surface area contributed by atoms with Crippen molar-refractivity contribution in [3.63, 3.8) is 0 Å². The van der Waals surface area contributed by atoms with Crippen molar-refractivity contribution in [3.8, 4) is 0 Å². The van der Waals surface area contributed by atoms with Gasteiger partial charge in [0.15, 0.2) is 0 Å². The quantitative estimate of drug-likeness (QED) is 0.722. The summed E-state index contributed by atoms with van der Waals surface area (Å²) in [4.78, 5) is 11.5. The Morgan fingerprint density at radius 1 is 1.14 bits per heavy atom. The van der Waals surface area contributed by atoms with Crippen LogP contribution in [0.4, 0.5) is 5.69 Å². The molecule has 3 aromatic rings. The maximum absolute atomic E-state index is 4.71. The molecule has 0 N–H and O–H groups in total. The number of para-hydroxylation sites is 1. The molecule has 0 saturated carbocycles. The van der Waals surface area contributed by atoms with Crippen molar-refractivity contribution in [2.75, 3.05) is 11.9 Å². The zero-order valence-electron chi connectivity index (χ0n) is 12.6. The lowest BCUT2D eigenvalue weighted by Crippen LogP contribution is -2.17. The third kappa shape index (κ3) is 2.90. The van der Waals surface area contributed by atoms with Crippen molar-refractivity contribution in [3.05, 3.63) is 52.1 Å². The van der Waals surface area contributed by atoms with Crippen LogP contribution in [0.15, 0.2) is 35.7 Å². The van der Waals surface area contributed by atoms with Crippen LogP contribution in [0, 0.1) is 6.92 Å². The molecular weight excluding hydrogens is 278 g/mol. The number of pyridine rings is 1. The second-order valence-corrected chi connectivity index (χ2v) is 6.28. The Balaban J connectivity index is 2.01. The van der Waals surface area contributed by atoms with Gasteiger partial charge in [-0.05, 0) is 25.5 Å². The Morgan fingerprint density at radius 2 is 1.95 bits per heavy atom. The van der Waals surface area contributed by atoms with Gasteiger partial charge in [0, 0.05) is 29.2 Å². The molecule has 0 radical (unpaired) electrons. The first-order valence-electron chi connectivity index (χ1n) is 7.18. The van der Waals surface area contributed by atoms with E-state index < -0.39 is 0 Å². The number of aromatic nitrogens is 2. The molecular formula is C17H19N3S. The molecule has 21 heavy (non-hydrogen) atoms. The highest BCUT2D eigenvalue weighted by Gasteiger charge is 2.10. The van der Waals surface area contributed by atoms with Crippen LogP contribution >= 0.6 is 11.3 Å². The Bertz CT molecular complexity index is 764. The van der Waals surface area contributed by atoms with E-state index in [-0.39, 0.29) is 0 Å². The highest BCUT2D eigenvalue weighted by molar-refractivity contribution is 7.09. The van der Waals surface area contributed by atoms with E-state index in [1.165, 1.54) is 11.1 Å². The van der Waals surface area contributed by atoms with Crippen molar-refractivity contribution < 1.29 is 0 Å². The van der Waals surface area contributed by atoms with Crippen LogP contribution < -0.4 is 4.90 Å². The lowest BCUT2D eigenvalue weighted by Gasteiger charge is -2.21. The summed E-state index contributed by atoms with van der Waals surface area (Å²) in [6.07, 6.45) is 0.946. The Labute approximate surface area is 129 Å². The predicted molar refractivity (Wildman–Crippen MR) is 90.1 cm³/mol. The summed E-state index contributed by atoms with van der Waals surface area (Å²) in [5.41, 5.74) is 4.54. The highest BCUT2D eigenvalue weighted by atomic mass is 32.1. The van der Waals surface area contributed by atoms with Crippen LogP contribution in [0.25, 0.3) is 10.9 Å². The number of anilines is 1. The monoisotopic (exact) mass is 297 g/mol. The van der Waals surface area contributed by atoms with Crippen LogP contribution in [0.2, 0.25) is 0 Å². The molecule has 0 amide bonds. The first-order chi connectivity index (χ1) is 10.2. The van der Waals surface area contributed by atoms with E-state index in [1.54, 1.807) is 11.3 Å². The zero-order chi connectivity index (χ0) is 14.8. The predicted octanol–water partition coefficient (Wildman–Crippen LogP) is 4.20. The molecule has 0 atom stereocenters. The molecule has 3 nitrogen and oxygen atoms in total. The molecule has 108 valence electrons. The fourth-order valence-electron chi connectivity index (χ4n) is 2.52. The number of fused-ring (bicyclic) bond motifs is 1. The van der Waals surface area contributed by atoms with Crippen molar-refractivity contribution >= 4 is 27.9 Å². The van der Waals surface area contributed by atoms with Crippen molar-refractivity contribution in [1.29, 1.82) is 0 Å². The summed E-state index contributed by atoms with van der Waals surface area (Å²) in [5.74, 6) is 0. The maximum Gasteiger partial charge on any atom is 0.0898 e. The van der Waals surface area contributed by atoms with E-state index in [4.69, 9.17) is 4.98 Å². The molecule has 4 heteroatoms. The maximum atomic E-state index is 4.71. The SMILES string of the molecule is CCc1cc(N(C)Cc2csc(C)n2)c2ccccc2n1. The van der Waals surface area contributed by atoms with Gasteiger partial charge in [-0.25, -0.2) is 4.98 Å². The summed E-state index contributed by atoms with van der Waals surface area (Å²) >= 11 is 1.70. The largest absolute Gasteiger partial charge is 0.368 e. The molecule has 0 aliphatic rings. The van der Waals surface area contributed by atoms with Crippen LogP contribution in [-0.4, -0.2) is 17.0 Å². The van der Waals surface area contributed by atoms with E-state index in [2.05, 4.69) is 53.5 Å². The first-order valence-corrected chi connectivity index (χ1v) is 8.06. The van der Waals surface area contributed by atoms with Gasteiger partial charge in [0.1, 0.15) is 0 Å². The fourth-order valence-corrected chi connectivity index (χ4v) is 3.12. The number of hydrogen-bond donors (Lipinski definition) is 0. The third-order valence-corrected chi connectivity index (χ3v) is 4.41. The number of benzene rings is 1. The van der Waals surface area contributed by atoms with Crippen molar-refractivity contribution in [1.82, 2.24) is 9.97 Å². The van der Waals surface area contributed by atoms with Gasteiger partial charge in [-0.2, -0.15) is 0 Å². The minimum atomic E-state index is 0.821. The summed E-state index contributed by atoms with van der Waals surface area (Å²) in [6, 6.07) is 10.5. The van der Waals surface area contributed by atoms with Gasteiger partial charge in [-0.1, -0.05) is 25.1 Å². The number of thiazole rings is 1. The Morgan fingerprint density at radius 3 is 2.67 bits per heavy atom. The average Bonchev–Trinajstić information content (AvgIpc) is 2.91. The Kier molecular flexibility index (Phi) is 3.88. The number of hydrogen-bond acceptors (Lipinski definition) is 4. The number of aryl methyl sites for hydroxylation is 2. The van der Waals surface area contributed by atoms with Gasteiger partial charge < -0.3 is 4.90 Å². The molecule has 0 aliphatic heterocycles. The van der Waals surface area contributed by atoms with Crippen LogP contribution in [0.3, 0.4) is 0 Å². The fraction of sp³-hybridized carbons (Fsp3) is 0.294. The second kappa shape index (κ2) is 5.82. The van der Waals surface area contributed by atoms with Gasteiger partial charge in [-0.3, -0.25) is 4.98 Å². The van der Waals surface area contributed by atoms with E-state index in [9.17, 15) is 0 Å². The summed E-state index contributed by atoms with van der Waals surface area (Å²) in [7, 11) is 2.12. The van der Waals surface area contributed by atoms with Gasteiger partial charge in [0.05, 0.1) is 22.8 Å². The normalized spacial score (nSPS) is 11.0. The molecule has 0 bridgehead atoms. The third-order valence-electron chi connectivity index (χ3n) is 3.59. The lowest BCUT2D eigenvalue weighted by molar-refractivity contribution is 0.890. The molecule has 0 fully saturated rings. The van der Waals surface area contributed by atoms with E-state index in [1.807, 2.05) is 13.0 Å². The minimum absolute atomic E-state index is 0.821. The smallest absolute Gasteiger partial charge is 0.0898 e. The van der Waals surface area contributed by atoms with E-state index in [0.717, 1.165) is 34.9 Å². The Hall–Kier alpha value is -1.94. The van der Waals surface area contributed by atoms with Crippen molar-refractivity contribution in [2.24, 2.45) is 0 Å². The summed E-state index contributed by atoms with van der Waals surface area (Å²) in [6.45, 7) is 5.01. The summed E-state index contributed by atoms with van der Waals surface area (Å²) < 4.78 is 0. The first kappa shape index (κ1) is 14.0. The lowest BCUT2D eigenvalue weighted by atomic mass is 10.1. The average molecular weight is 297 g/mol. The minimum Gasteiger partial charge on any atom is -0.368 e. The number of rotatable bonds is 4. The van der Waals surface area contributed by atoms with Gasteiger partial charge in [-0.15, -0.1) is 11.3 Å². The van der Waals surface area contributed by atoms with Gasteiger partial charge in [0.25, 0.3) is 0 Å². The standard InChI is InChI=1S/C17H19N3S/c1-4-13-9-17(15-7-5-6-8-16(15)19-13)20(3)10-14-11-21-12(2)18-14/h5-9,11H,4,10H2,1-3H3. The molecule has 1 aromatic carbocycles. The number of nitrogens with zero attached hydrogens (tertiary/aromatic N) is 3. The molecule has 0 saturated heterocycles. The van der Waals surface area contributed by atoms with Gasteiger partial charge >= 0.3 is 0 Å².